The minimum absolute atomic E-state index is 0.0509. The van der Waals surface area contributed by atoms with Crippen LogP contribution >= 0.6 is 0 Å². The van der Waals surface area contributed by atoms with Crippen molar-refractivity contribution < 1.29 is 9.90 Å². The summed E-state index contributed by atoms with van der Waals surface area (Å²) in [5.74, 6) is -0.205. The average Bonchev–Trinajstić information content (AvgIpc) is 2.18. The first-order chi connectivity index (χ1) is 4.70. The molecular weight excluding hydrogens is 130 g/mol. The van der Waals surface area contributed by atoms with Crippen LogP contribution < -0.4 is 0 Å². The van der Waals surface area contributed by atoms with Crippen LogP contribution in [0.15, 0.2) is 0 Å². The minimum atomic E-state index is -0.606. The number of hydrogen-bond acceptors (Lipinski definition) is 2. The summed E-state index contributed by atoms with van der Waals surface area (Å²) < 4.78 is 0. The summed E-state index contributed by atoms with van der Waals surface area (Å²) >= 11 is 0. The normalized spacial score (nSPS) is 45.1. The fraction of sp³-hybridized carbons (Fsp3) is 0.857. The van der Waals surface area contributed by atoms with Gasteiger partial charge in [-0.15, -0.1) is 0 Å². The van der Waals surface area contributed by atoms with Crippen molar-refractivity contribution in [1.82, 2.24) is 4.90 Å². The minimum Gasteiger partial charge on any atom is -0.481 e. The van der Waals surface area contributed by atoms with Gasteiger partial charge in [-0.1, -0.05) is 0 Å². The van der Waals surface area contributed by atoms with Gasteiger partial charge in [-0.05, 0) is 19.4 Å². The highest BCUT2D eigenvalue weighted by molar-refractivity contribution is 5.73. The van der Waals surface area contributed by atoms with Crippen molar-refractivity contribution in [3.05, 3.63) is 0 Å². The largest absolute Gasteiger partial charge is 0.481 e. The SMILES string of the molecule is CN1CC2CC1C2C(=O)O. The first-order valence-electron chi connectivity index (χ1n) is 3.63. The van der Waals surface area contributed by atoms with Crippen LogP contribution in [-0.2, 0) is 4.79 Å². The summed E-state index contributed by atoms with van der Waals surface area (Å²) in [5.41, 5.74) is 0. The number of hydrogen-bond donors (Lipinski definition) is 1. The Kier molecular flexibility index (Phi) is 1.06. The van der Waals surface area contributed by atoms with Crippen LogP contribution in [-0.4, -0.2) is 35.6 Å². The van der Waals surface area contributed by atoms with Crippen LogP contribution in [0, 0.1) is 11.8 Å². The topological polar surface area (TPSA) is 40.5 Å². The van der Waals surface area contributed by atoms with Gasteiger partial charge in [0.25, 0.3) is 0 Å². The van der Waals surface area contributed by atoms with Crippen molar-refractivity contribution in [3.8, 4) is 0 Å². The smallest absolute Gasteiger partial charge is 0.308 e. The third kappa shape index (κ3) is 0.560. The molecule has 2 saturated heterocycles. The Labute approximate surface area is 59.6 Å². The lowest BCUT2D eigenvalue weighted by atomic mass is 9.74. The highest BCUT2D eigenvalue weighted by atomic mass is 16.4. The van der Waals surface area contributed by atoms with E-state index in [0.717, 1.165) is 13.0 Å². The van der Waals surface area contributed by atoms with E-state index in [4.69, 9.17) is 5.11 Å². The van der Waals surface area contributed by atoms with Crippen LogP contribution in [0.1, 0.15) is 6.42 Å². The molecule has 0 aromatic rings. The predicted octanol–water partition coefficient (Wildman–Crippen LogP) is 0.0211. The molecule has 1 N–H and O–H groups in total. The monoisotopic (exact) mass is 141 g/mol. The quantitative estimate of drug-likeness (QED) is 0.559. The first-order valence-corrected chi connectivity index (χ1v) is 3.63. The van der Waals surface area contributed by atoms with Gasteiger partial charge >= 0.3 is 5.97 Å². The van der Waals surface area contributed by atoms with Gasteiger partial charge in [0.2, 0.25) is 0 Å². The molecular formula is C7H11NO2. The Morgan fingerprint density at radius 2 is 2.40 bits per heavy atom. The van der Waals surface area contributed by atoms with E-state index in [1.54, 1.807) is 0 Å². The molecule has 3 rings (SSSR count). The highest BCUT2D eigenvalue weighted by Gasteiger charge is 2.53. The van der Waals surface area contributed by atoms with E-state index in [0.29, 0.717) is 12.0 Å². The second-order valence-corrected chi connectivity index (χ2v) is 3.37. The first kappa shape index (κ1) is 6.16. The molecule has 3 heteroatoms. The van der Waals surface area contributed by atoms with Gasteiger partial charge in [0.1, 0.15) is 0 Å². The molecule has 3 unspecified atom stereocenters. The van der Waals surface area contributed by atoms with Gasteiger partial charge in [0.15, 0.2) is 0 Å². The van der Waals surface area contributed by atoms with E-state index in [-0.39, 0.29) is 5.92 Å². The summed E-state index contributed by atoms with van der Waals surface area (Å²) in [4.78, 5) is 12.7. The molecule has 1 saturated carbocycles. The van der Waals surface area contributed by atoms with Crippen molar-refractivity contribution in [3.63, 3.8) is 0 Å². The molecule has 0 radical (unpaired) electrons. The number of carbonyl (C=O) groups is 1. The van der Waals surface area contributed by atoms with E-state index in [2.05, 4.69) is 4.90 Å². The fourth-order valence-electron chi connectivity index (χ4n) is 2.24. The van der Waals surface area contributed by atoms with Gasteiger partial charge in [-0.3, -0.25) is 4.79 Å². The molecule has 2 aliphatic heterocycles. The van der Waals surface area contributed by atoms with Gasteiger partial charge in [0, 0.05) is 12.6 Å². The second-order valence-electron chi connectivity index (χ2n) is 3.37. The van der Waals surface area contributed by atoms with E-state index in [1.165, 1.54) is 0 Å². The zero-order valence-electron chi connectivity index (χ0n) is 5.95. The van der Waals surface area contributed by atoms with Gasteiger partial charge < -0.3 is 10.0 Å². The number of rotatable bonds is 1. The Balaban J connectivity index is 2.12. The lowest BCUT2D eigenvalue weighted by Crippen LogP contribution is -2.42. The van der Waals surface area contributed by atoms with Gasteiger partial charge in [0.05, 0.1) is 5.92 Å². The fourth-order valence-corrected chi connectivity index (χ4v) is 2.24. The summed E-state index contributed by atoms with van der Waals surface area (Å²) in [6.07, 6.45) is 1.10. The molecule has 1 aliphatic carbocycles. The molecule has 56 valence electrons. The highest BCUT2D eigenvalue weighted by Crippen LogP contribution is 2.45. The summed E-state index contributed by atoms with van der Waals surface area (Å²) in [6.45, 7) is 0.988. The molecule has 0 aromatic heterocycles. The number of carboxylic acids is 1. The van der Waals surface area contributed by atoms with E-state index in [9.17, 15) is 4.79 Å². The van der Waals surface area contributed by atoms with Crippen LogP contribution in [0.25, 0.3) is 0 Å². The zero-order chi connectivity index (χ0) is 7.30. The molecule has 0 aromatic carbocycles. The molecule has 2 bridgehead atoms. The summed E-state index contributed by atoms with van der Waals surface area (Å²) in [5, 5.41) is 8.71. The van der Waals surface area contributed by atoms with Crippen molar-refractivity contribution in [2.45, 2.75) is 12.5 Å². The number of fused-ring (bicyclic) bond motifs is 1. The third-order valence-corrected chi connectivity index (χ3v) is 2.84. The predicted molar refractivity (Wildman–Crippen MR) is 35.7 cm³/mol. The Morgan fingerprint density at radius 1 is 1.70 bits per heavy atom. The Morgan fingerprint density at radius 3 is 2.60 bits per heavy atom. The average molecular weight is 141 g/mol. The molecule has 2 heterocycles. The maximum Gasteiger partial charge on any atom is 0.308 e. The van der Waals surface area contributed by atoms with E-state index in [1.807, 2.05) is 7.05 Å². The molecule has 3 atom stereocenters. The number of nitrogens with zero attached hydrogens (tertiary/aromatic N) is 1. The number of carboxylic acid groups (broad SMARTS) is 1. The Bertz CT molecular complexity index is 180. The maximum atomic E-state index is 10.6. The lowest BCUT2D eigenvalue weighted by Gasteiger charge is -2.32. The van der Waals surface area contributed by atoms with Crippen molar-refractivity contribution >= 4 is 5.97 Å². The van der Waals surface area contributed by atoms with Gasteiger partial charge in [-0.25, -0.2) is 0 Å². The van der Waals surface area contributed by atoms with Crippen LogP contribution in [0.2, 0.25) is 0 Å². The molecule has 10 heavy (non-hydrogen) atoms. The molecule has 0 spiro atoms. The maximum absolute atomic E-state index is 10.6. The Hall–Kier alpha value is -0.570. The van der Waals surface area contributed by atoms with Gasteiger partial charge in [-0.2, -0.15) is 0 Å². The molecule has 0 amide bonds. The van der Waals surface area contributed by atoms with Crippen LogP contribution in [0.3, 0.4) is 0 Å². The van der Waals surface area contributed by atoms with Crippen LogP contribution in [0.4, 0.5) is 0 Å². The number of aliphatic carboxylic acids is 1. The third-order valence-electron chi connectivity index (χ3n) is 2.84. The van der Waals surface area contributed by atoms with Crippen LogP contribution in [0.5, 0.6) is 0 Å². The molecule has 3 aliphatic rings. The summed E-state index contributed by atoms with van der Waals surface area (Å²) in [6, 6.07) is 0.350. The summed E-state index contributed by atoms with van der Waals surface area (Å²) in [7, 11) is 2.01. The molecule has 3 fully saturated rings. The lowest BCUT2D eigenvalue weighted by molar-refractivity contribution is -0.147. The molecule has 3 nitrogen and oxygen atoms in total. The van der Waals surface area contributed by atoms with Crippen molar-refractivity contribution in [2.75, 3.05) is 13.6 Å². The van der Waals surface area contributed by atoms with Crippen molar-refractivity contribution in [2.24, 2.45) is 11.8 Å². The second kappa shape index (κ2) is 1.72. The zero-order valence-corrected chi connectivity index (χ0v) is 5.95. The standard InChI is InChI=1S/C7H11NO2/c1-8-3-4-2-5(8)6(4)7(9)10/h4-6H,2-3H2,1H3,(H,9,10). The van der Waals surface area contributed by atoms with E-state index >= 15 is 0 Å². The van der Waals surface area contributed by atoms with E-state index < -0.39 is 5.97 Å². The van der Waals surface area contributed by atoms with Crippen molar-refractivity contribution in [1.29, 1.82) is 0 Å².